The van der Waals surface area contributed by atoms with Crippen molar-refractivity contribution in [3.05, 3.63) is 95.8 Å². The maximum Gasteiger partial charge on any atom is 0.243 e. The topological polar surface area (TPSA) is 73.7 Å². The summed E-state index contributed by atoms with van der Waals surface area (Å²) in [5.41, 5.74) is 2.72. The highest BCUT2D eigenvalue weighted by Crippen LogP contribution is 2.42. The third kappa shape index (κ3) is 4.89. The molecule has 0 aliphatic carbocycles. The van der Waals surface area contributed by atoms with Gasteiger partial charge in [-0.3, -0.25) is 4.90 Å². The number of aliphatic hydroxyl groups excluding tert-OH is 1. The molecule has 0 bridgehead atoms. The fraction of sp³-hybridized carbons (Fsp3) is 0.321. The van der Waals surface area contributed by atoms with E-state index in [-0.39, 0.29) is 24.6 Å². The van der Waals surface area contributed by atoms with E-state index in [4.69, 9.17) is 0 Å². The summed E-state index contributed by atoms with van der Waals surface area (Å²) in [7, 11) is -3.57. The van der Waals surface area contributed by atoms with Crippen molar-refractivity contribution in [2.24, 2.45) is 0 Å². The lowest BCUT2D eigenvalue weighted by Gasteiger charge is -2.57. The first-order chi connectivity index (χ1) is 17.1. The van der Waals surface area contributed by atoms with Gasteiger partial charge in [0.05, 0.1) is 11.5 Å². The summed E-state index contributed by atoms with van der Waals surface area (Å²) < 4.78 is 28.4. The normalized spacial score (nSPS) is 23.2. The van der Waals surface area contributed by atoms with Crippen LogP contribution in [0.1, 0.15) is 35.6 Å². The SMILES string of the molecule is O=S(=O)(c1ccccc1)N1CCCCN2[C@@H](CO)[C@@H](c3ccc(C#Cc4ccccn4)cc3)[C@@H]2C1. The summed E-state index contributed by atoms with van der Waals surface area (Å²) in [5.74, 6) is 6.28. The fourth-order valence-corrected chi connectivity index (χ4v) is 6.75. The van der Waals surface area contributed by atoms with Crippen molar-refractivity contribution < 1.29 is 13.5 Å². The van der Waals surface area contributed by atoms with Crippen molar-refractivity contribution in [2.45, 2.75) is 35.7 Å². The molecule has 3 aromatic rings. The van der Waals surface area contributed by atoms with Crippen molar-refractivity contribution in [3.8, 4) is 11.8 Å². The third-order valence-electron chi connectivity index (χ3n) is 7.01. The molecule has 3 atom stereocenters. The number of hydrogen-bond donors (Lipinski definition) is 1. The number of aromatic nitrogens is 1. The van der Waals surface area contributed by atoms with Crippen LogP contribution in [0.4, 0.5) is 0 Å². The Hall–Kier alpha value is -3.02. The molecule has 1 N–H and O–H groups in total. The van der Waals surface area contributed by atoms with Crippen LogP contribution in [0.5, 0.6) is 0 Å². The molecule has 3 heterocycles. The molecule has 2 aliphatic heterocycles. The molecule has 0 spiro atoms. The van der Waals surface area contributed by atoms with Crippen molar-refractivity contribution >= 4 is 10.0 Å². The van der Waals surface area contributed by atoms with Crippen LogP contribution in [0.15, 0.2) is 83.9 Å². The van der Waals surface area contributed by atoms with Crippen LogP contribution < -0.4 is 0 Å². The quantitative estimate of drug-likeness (QED) is 0.573. The van der Waals surface area contributed by atoms with Gasteiger partial charge in [-0.25, -0.2) is 13.4 Å². The number of nitrogens with zero attached hydrogens (tertiary/aromatic N) is 3. The molecule has 180 valence electrons. The van der Waals surface area contributed by atoms with E-state index in [1.807, 2.05) is 36.4 Å². The van der Waals surface area contributed by atoms with E-state index in [0.29, 0.717) is 18.0 Å². The Morgan fingerprint density at radius 3 is 2.37 bits per heavy atom. The third-order valence-corrected chi connectivity index (χ3v) is 8.89. The molecule has 1 aromatic heterocycles. The summed E-state index contributed by atoms with van der Waals surface area (Å²) in [6, 6.07) is 22.4. The van der Waals surface area contributed by atoms with Gasteiger partial charge < -0.3 is 5.11 Å². The summed E-state index contributed by atoms with van der Waals surface area (Å²) >= 11 is 0. The number of hydrogen-bond acceptors (Lipinski definition) is 5. The molecule has 5 rings (SSSR count). The van der Waals surface area contributed by atoms with Crippen molar-refractivity contribution in [2.75, 3.05) is 26.2 Å². The zero-order chi connectivity index (χ0) is 24.3. The fourth-order valence-electron chi connectivity index (χ4n) is 5.23. The van der Waals surface area contributed by atoms with E-state index in [0.717, 1.165) is 36.2 Å². The van der Waals surface area contributed by atoms with Gasteiger partial charge in [0.25, 0.3) is 0 Å². The first-order valence-electron chi connectivity index (χ1n) is 12.0. The molecular formula is C28H29N3O3S. The summed E-state index contributed by atoms with van der Waals surface area (Å²) in [5, 5.41) is 10.2. The minimum Gasteiger partial charge on any atom is -0.395 e. The molecule has 2 fully saturated rings. The van der Waals surface area contributed by atoms with E-state index >= 15 is 0 Å². The lowest BCUT2D eigenvalue weighted by atomic mass is 9.74. The number of sulfonamides is 1. The number of pyridine rings is 1. The zero-order valence-electron chi connectivity index (χ0n) is 19.5. The lowest BCUT2D eigenvalue weighted by Crippen LogP contribution is -2.67. The minimum atomic E-state index is -3.57. The largest absolute Gasteiger partial charge is 0.395 e. The molecular weight excluding hydrogens is 458 g/mol. The predicted octanol–water partition coefficient (Wildman–Crippen LogP) is 3.09. The van der Waals surface area contributed by atoms with Crippen LogP contribution in [0.2, 0.25) is 0 Å². The average Bonchev–Trinajstić information content (AvgIpc) is 2.88. The molecule has 0 unspecified atom stereocenters. The number of fused-ring (bicyclic) bond motifs is 1. The van der Waals surface area contributed by atoms with E-state index < -0.39 is 10.0 Å². The molecule has 35 heavy (non-hydrogen) atoms. The van der Waals surface area contributed by atoms with Crippen molar-refractivity contribution in [3.63, 3.8) is 0 Å². The van der Waals surface area contributed by atoms with Gasteiger partial charge in [-0.05, 0) is 67.3 Å². The molecule has 0 amide bonds. The molecule has 0 radical (unpaired) electrons. The molecule has 2 aromatic carbocycles. The minimum absolute atomic E-state index is 0.00941. The molecule has 0 saturated carbocycles. The number of aliphatic hydroxyl groups is 1. The smallest absolute Gasteiger partial charge is 0.243 e. The van der Waals surface area contributed by atoms with Gasteiger partial charge in [0.1, 0.15) is 5.69 Å². The lowest BCUT2D eigenvalue weighted by molar-refractivity contribution is -0.0553. The van der Waals surface area contributed by atoms with Gasteiger partial charge in [0, 0.05) is 42.9 Å². The highest BCUT2D eigenvalue weighted by molar-refractivity contribution is 7.89. The monoisotopic (exact) mass is 487 g/mol. The molecule has 6 nitrogen and oxygen atoms in total. The van der Waals surface area contributed by atoms with Crippen LogP contribution in [-0.4, -0.2) is 66.0 Å². The highest BCUT2D eigenvalue weighted by Gasteiger charge is 2.50. The van der Waals surface area contributed by atoms with Gasteiger partial charge in [0.15, 0.2) is 0 Å². The van der Waals surface area contributed by atoms with Crippen LogP contribution in [0.25, 0.3) is 0 Å². The average molecular weight is 488 g/mol. The Balaban J connectivity index is 1.38. The second kappa shape index (κ2) is 10.3. The van der Waals surface area contributed by atoms with Gasteiger partial charge in [0.2, 0.25) is 10.0 Å². The van der Waals surface area contributed by atoms with Gasteiger partial charge >= 0.3 is 0 Å². The second-order valence-corrected chi connectivity index (χ2v) is 11.0. The van der Waals surface area contributed by atoms with Crippen LogP contribution in [0.3, 0.4) is 0 Å². The second-order valence-electron chi connectivity index (χ2n) is 9.05. The maximum absolute atomic E-state index is 13.4. The Labute approximate surface area is 207 Å². The predicted molar refractivity (Wildman–Crippen MR) is 135 cm³/mol. The Bertz CT molecular complexity index is 1300. The Morgan fingerprint density at radius 1 is 0.914 bits per heavy atom. The Kier molecular flexibility index (Phi) is 6.98. The van der Waals surface area contributed by atoms with E-state index in [1.165, 1.54) is 0 Å². The standard InChI is InChI=1S/C28H29N3O3S/c32-21-27-28(23-14-11-22(12-15-23)13-16-24-8-4-5-17-29-24)26-20-30(18-6-7-19-31(26)27)35(33,34)25-9-2-1-3-10-25/h1-5,8-12,14-15,17,26-28,32H,6-7,18-21H2/t26-,27-,28-/m0/s1. The van der Waals surface area contributed by atoms with Gasteiger partial charge in [-0.1, -0.05) is 42.3 Å². The van der Waals surface area contributed by atoms with E-state index in [9.17, 15) is 13.5 Å². The van der Waals surface area contributed by atoms with E-state index in [2.05, 4.69) is 33.9 Å². The maximum atomic E-state index is 13.4. The van der Waals surface area contributed by atoms with Crippen molar-refractivity contribution in [1.29, 1.82) is 0 Å². The summed E-state index contributed by atoms with van der Waals surface area (Å²) in [6.07, 6.45) is 3.44. The number of benzene rings is 2. The first kappa shape index (κ1) is 23.7. The summed E-state index contributed by atoms with van der Waals surface area (Å²) in [4.78, 5) is 6.85. The first-order valence-corrected chi connectivity index (χ1v) is 13.5. The van der Waals surface area contributed by atoms with Gasteiger partial charge in [-0.15, -0.1) is 0 Å². The molecule has 7 heteroatoms. The molecule has 2 aliphatic rings. The van der Waals surface area contributed by atoms with Crippen LogP contribution in [0, 0.1) is 11.8 Å². The van der Waals surface area contributed by atoms with Crippen LogP contribution >= 0.6 is 0 Å². The highest BCUT2D eigenvalue weighted by atomic mass is 32.2. The summed E-state index contributed by atoms with van der Waals surface area (Å²) in [6.45, 7) is 1.85. The van der Waals surface area contributed by atoms with Crippen molar-refractivity contribution in [1.82, 2.24) is 14.2 Å². The Morgan fingerprint density at radius 2 is 1.66 bits per heavy atom. The number of rotatable bonds is 4. The van der Waals surface area contributed by atoms with Crippen LogP contribution in [-0.2, 0) is 10.0 Å². The molecule has 2 saturated heterocycles. The van der Waals surface area contributed by atoms with E-state index in [1.54, 1.807) is 34.8 Å². The zero-order valence-corrected chi connectivity index (χ0v) is 20.3. The van der Waals surface area contributed by atoms with Gasteiger partial charge in [-0.2, -0.15) is 4.31 Å².